The molecular formula is C11H18N2O6. The minimum absolute atomic E-state index is 0.118. The lowest BCUT2D eigenvalue weighted by atomic mass is 10.3. The maximum absolute atomic E-state index is 11.6. The van der Waals surface area contributed by atoms with E-state index in [1.54, 1.807) is 13.8 Å². The molecule has 0 saturated heterocycles. The zero-order valence-electron chi connectivity index (χ0n) is 11.5. The van der Waals surface area contributed by atoms with Crippen molar-refractivity contribution in [1.82, 2.24) is 9.80 Å². The fourth-order valence-corrected chi connectivity index (χ4v) is 1.01. The summed E-state index contributed by atoms with van der Waals surface area (Å²) in [6, 6.07) is 0. The van der Waals surface area contributed by atoms with Crippen LogP contribution in [0.25, 0.3) is 0 Å². The highest BCUT2D eigenvalue weighted by molar-refractivity contribution is 6.05. The Labute approximate surface area is 111 Å². The molecule has 0 saturated carbocycles. The van der Waals surface area contributed by atoms with Gasteiger partial charge in [-0.3, -0.25) is 19.4 Å². The van der Waals surface area contributed by atoms with Crippen molar-refractivity contribution in [3.8, 4) is 0 Å². The largest absolute Gasteiger partial charge is 0.449 e. The van der Waals surface area contributed by atoms with Crippen molar-refractivity contribution in [2.75, 3.05) is 27.3 Å². The quantitative estimate of drug-likeness (QED) is 0.697. The van der Waals surface area contributed by atoms with Crippen LogP contribution in [0, 0.1) is 0 Å². The summed E-state index contributed by atoms with van der Waals surface area (Å²) in [4.78, 5) is 47.0. The van der Waals surface area contributed by atoms with Crippen LogP contribution in [0.5, 0.6) is 0 Å². The van der Waals surface area contributed by atoms with E-state index in [1.165, 1.54) is 14.1 Å². The molecule has 0 spiro atoms. The van der Waals surface area contributed by atoms with E-state index < -0.39 is 30.4 Å². The van der Waals surface area contributed by atoms with Crippen LogP contribution in [0.15, 0.2) is 0 Å². The predicted molar refractivity (Wildman–Crippen MR) is 64.2 cm³/mol. The highest BCUT2D eigenvalue weighted by Gasteiger charge is 2.25. The normalized spacial score (nSPS) is 9.47. The number of hydrogen-bond acceptors (Lipinski definition) is 6. The molecule has 0 fully saturated rings. The van der Waals surface area contributed by atoms with Crippen molar-refractivity contribution in [1.29, 1.82) is 0 Å². The number of amides is 4. The molecule has 0 unspecified atom stereocenters. The van der Waals surface area contributed by atoms with Gasteiger partial charge >= 0.3 is 12.2 Å². The monoisotopic (exact) mass is 274 g/mol. The molecular weight excluding hydrogens is 256 g/mol. The minimum atomic E-state index is -0.848. The Hall–Kier alpha value is -2.12. The van der Waals surface area contributed by atoms with Crippen LogP contribution in [0.2, 0.25) is 0 Å². The summed E-state index contributed by atoms with van der Waals surface area (Å²) in [6.07, 6.45) is -2.32. The number of carbonyl (C=O) groups is 4. The molecule has 8 nitrogen and oxygen atoms in total. The van der Waals surface area contributed by atoms with Gasteiger partial charge in [0.25, 0.3) is 0 Å². The molecule has 0 bridgehead atoms. The SMILES string of the molecule is CCOC(=O)N(C)C(=O)CC(=O)N(C)C(=O)OCC. The van der Waals surface area contributed by atoms with Crippen molar-refractivity contribution >= 4 is 24.0 Å². The maximum Gasteiger partial charge on any atom is 0.416 e. The summed E-state index contributed by atoms with van der Waals surface area (Å²) in [6.45, 7) is 3.42. The fraction of sp³-hybridized carbons (Fsp3) is 0.636. The molecule has 0 aliphatic heterocycles. The molecule has 8 heteroatoms. The van der Waals surface area contributed by atoms with Gasteiger partial charge in [0, 0.05) is 14.1 Å². The molecule has 108 valence electrons. The Morgan fingerprint density at radius 2 is 1.11 bits per heavy atom. The first-order valence-corrected chi connectivity index (χ1v) is 5.71. The van der Waals surface area contributed by atoms with Gasteiger partial charge in [-0.1, -0.05) is 0 Å². The first kappa shape index (κ1) is 16.9. The van der Waals surface area contributed by atoms with Crippen molar-refractivity contribution in [3.63, 3.8) is 0 Å². The lowest BCUT2D eigenvalue weighted by Gasteiger charge is -2.17. The van der Waals surface area contributed by atoms with Crippen LogP contribution in [-0.4, -0.2) is 61.1 Å². The van der Waals surface area contributed by atoms with Crippen molar-refractivity contribution < 1.29 is 28.7 Å². The van der Waals surface area contributed by atoms with Gasteiger partial charge in [-0.15, -0.1) is 0 Å². The maximum atomic E-state index is 11.6. The molecule has 0 aliphatic rings. The second-order valence-corrected chi connectivity index (χ2v) is 3.48. The van der Waals surface area contributed by atoms with Gasteiger partial charge < -0.3 is 9.47 Å². The average molecular weight is 274 g/mol. The van der Waals surface area contributed by atoms with Gasteiger partial charge in [-0.2, -0.15) is 0 Å². The molecule has 0 aromatic rings. The van der Waals surface area contributed by atoms with E-state index in [4.69, 9.17) is 0 Å². The van der Waals surface area contributed by atoms with Crippen molar-refractivity contribution in [3.05, 3.63) is 0 Å². The van der Waals surface area contributed by atoms with Crippen LogP contribution < -0.4 is 0 Å². The summed E-state index contributed by atoms with van der Waals surface area (Å²) >= 11 is 0. The summed E-state index contributed by atoms with van der Waals surface area (Å²) in [5.74, 6) is -1.53. The fourth-order valence-electron chi connectivity index (χ4n) is 1.01. The molecule has 0 aromatic heterocycles. The molecule has 0 atom stereocenters. The zero-order chi connectivity index (χ0) is 15.0. The number of hydrogen-bond donors (Lipinski definition) is 0. The molecule has 19 heavy (non-hydrogen) atoms. The smallest absolute Gasteiger partial charge is 0.416 e. The second-order valence-electron chi connectivity index (χ2n) is 3.48. The minimum Gasteiger partial charge on any atom is -0.449 e. The third-order valence-corrected chi connectivity index (χ3v) is 2.13. The number of nitrogens with zero attached hydrogens (tertiary/aromatic N) is 2. The molecule has 0 rings (SSSR count). The highest BCUT2D eigenvalue weighted by atomic mass is 16.6. The second kappa shape index (κ2) is 8.06. The number of ether oxygens (including phenoxy) is 2. The van der Waals surface area contributed by atoms with Crippen LogP contribution in [0.1, 0.15) is 20.3 Å². The molecule has 0 heterocycles. The van der Waals surface area contributed by atoms with Crippen LogP contribution >= 0.6 is 0 Å². The van der Waals surface area contributed by atoms with Gasteiger partial charge in [-0.05, 0) is 13.8 Å². The first-order chi connectivity index (χ1) is 8.84. The Bertz CT molecular complexity index is 334. The van der Waals surface area contributed by atoms with Gasteiger partial charge in [0.15, 0.2) is 0 Å². The first-order valence-electron chi connectivity index (χ1n) is 5.71. The van der Waals surface area contributed by atoms with E-state index in [0.29, 0.717) is 9.80 Å². The number of rotatable bonds is 4. The lowest BCUT2D eigenvalue weighted by Crippen LogP contribution is -2.40. The summed E-state index contributed by atoms with van der Waals surface area (Å²) in [5.41, 5.74) is 0. The van der Waals surface area contributed by atoms with E-state index in [-0.39, 0.29) is 13.2 Å². The van der Waals surface area contributed by atoms with E-state index >= 15 is 0 Å². The Morgan fingerprint density at radius 1 is 0.789 bits per heavy atom. The van der Waals surface area contributed by atoms with Crippen molar-refractivity contribution in [2.45, 2.75) is 20.3 Å². The van der Waals surface area contributed by atoms with Crippen LogP contribution in [-0.2, 0) is 19.1 Å². The molecule has 0 N–H and O–H groups in total. The Balaban J connectivity index is 4.44. The van der Waals surface area contributed by atoms with Gasteiger partial charge in [0.2, 0.25) is 11.8 Å². The topological polar surface area (TPSA) is 93.2 Å². The van der Waals surface area contributed by atoms with Crippen LogP contribution in [0.4, 0.5) is 9.59 Å². The van der Waals surface area contributed by atoms with E-state index in [9.17, 15) is 19.2 Å². The molecule has 0 radical (unpaired) electrons. The highest BCUT2D eigenvalue weighted by Crippen LogP contribution is 2.00. The molecule has 0 aliphatic carbocycles. The molecule has 0 aromatic carbocycles. The number of carbonyl (C=O) groups excluding carboxylic acids is 4. The Kier molecular flexibility index (Phi) is 7.16. The third kappa shape index (κ3) is 5.36. The zero-order valence-corrected chi connectivity index (χ0v) is 11.5. The standard InChI is InChI=1S/C11H18N2O6/c1-5-18-10(16)12(3)8(14)7-9(15)13(4)11(17)19-6-2/h5-7H2,1-4H3. The lowest BCUT2D eigenvalue weighted by molar-refractivity contribution is -0.137. The van der Waals surface area contributed by atoms with E-state index in [2.05, 4.69) is 9.47 Å². The summed E-state index contributed by atoms with van der Waals surface area (Å²) in [7, 11) is 2.38. The predicted octanol–water partition coefficient (Wildman–Crippen LogP) is 0.606. The van der Waals surface area contributed by atoms with Crippen LogP contribution in [0.3, 0.4) is 0 Å². The average Bonchev–Trinajstić information content (AvgIpc) is 2.37. The number of imide groups is 2. The van der Waals surface area contributed by atoms with Gasteiger partial charge in [0.05, 0.1) is 13.2 Å². The van der Waals surface area contributed by atoms with Crippen molar-refractivity contribution in [2.24, 2.45) is 0 Å². The summed E-state index contributed by atoms with van der Waals surface area (Å²) < 4.78 is 9.20. The Morgan fingerprint density at radius 3 is 1.37 bits per heavy atom. The molecule has 4 amide bonds. The van der Waals surface area contributed by atoms with E-state index in [1.807, 2.05) is 0 Å². The van der Waals surface area contributed by atoms with E-state index in [0.717, 1.165) is 0 Å². The summed E-state index contributed by atoms with van der Waals surface area (Å²) in [5, 5.41) is 0. The van der Waals surface area contributed by atoms with Gasteiger partial charge in [0.1, 0.15) is 6.42 Å². The third-order valence-electron chi connectivity index (χ3n) is 2.13. The van der Waals surface area contributed by atoms with Gasteiger partial charge in [-0.25, -0.2) is 9.59 Å².